The summed E-state index contributed by atoms with van der Waals surface area (Å²) in [6, 6.07) is 0. The van der Waals surface area contributed by atoms with E-state index in [-0.39, 0.29) is 32.0 Å². The summed E-state index contributed by atoms with van der Waals surface area (Å²) in [6.07, 6.45) is 41.1. The molecule has 0 aliphatic rings. The van der Waals surface area contributed by atoms with E-state index < -0.39 is 26.5 Å². The number of esters is 2. The fourth-order valence-corrected chi connectivity index (χ4v) is 7.25. The van der Waals surface area contributed by atoms with Gasteiger partial charge in [0, 0.05) is 19.4 Å². The van der Waals surface area contributed by atoms with Crippen molar-refractivity contribution < 1.29 is 37.6 Å². The molecule has 0 saturated heterocycles. The van der Waals surface area contributed by atoms with Crippen LogP contribution in [0.2, 0.25) is 0 Å². The Labute approximate surface area is 339 Å². The van der Waals surface area contributed by atoms with Gasteiger partial charge in [0.05, 0.1) is 13.2 Å². The second kappa shape index (κ2) is 40.9. The molecule has 0 fully saturated rings. The third kappa shape index (κ3) is 42.2. The van der Waals surface area contributed by atoms with E-state index in [0.29, 0.717) is 13.0 Å². The summed E-state index contributed by atoms with van der Waals surface area (Å²) in [4.78, 5) is 37.1. The Kier molecular flexibility index (Phi) is 40.0. The van der Waals surface area contributed by atoms with Gasteiger partial charge >= 0.3 is 19.8 Å². The van der Waals surface area contributed by atoms with Crippen molar-refractivity contribution in [3.05, 3.63) is 12.2 Å². The van der Waals surface area contributed by atoms with E-state index >= 15 is 0 Å². The highest BCUT2D eigenvalue weighted by Crippen LogP contribution is 2.43. The van der Waals surface area contributed by atoms with Gasteiger partial charge in [0.25, 0.3) is 0 Å². The van der Waals surface area contributed by atoms with Crippen LogP contribution in [-0.2, 0) is 32.7 Å². The van der Waals surface area contributed by atoms with Crippen LogP contribution in [0.3, 0.4) is 0 Å². The minimum Gasteiger partial charge on any atom is -0.462 e. The zero-order chi connectivity index (χ0) is 40.5. The molecule has 0 radical (unpaired) electrons. The highest BCUT2D eigenvalue weighted by Gasteiger charge is 2.26. The number of allylic oxidation sites excluding steroid dienone is 2. The number of rotatable bonds is 43. The van der Waals surface area contributed by atoms with E-state index in [4.69, 9.17) is 18.5 Å². The molecule has 0 amide bonds. The van der Waals surface area contributed by atoms with E-state index in [1.165, 1.54) is 154 Å². The summed E-state index contributed by atoms with van der Waals surface area (Å²) in [5, 5.41) is 0. The summed E-state index contributed by atoms with van der Waals surface area (Å²) in [7, 11) is -0.703. The van der Waals surface area contributed by atoms with Crippen LogP contribution in [0.15, 0.2) is 12.2 Å². The van der Waals surface area contributed by atoms with Crippen LogP contribution in [0.1, 0.15) is 219 Å². The van der Waals surface area contributed by atoms with E-state index in [2.05, 4.69) is 26.0 Å². The summed E-state index contributed by atoms with van der Waals surface area (Å²) >= 11 is 0. The zero-order valence-corrected chi connectivity index (χ0v) is 37.3. The maximum Gasteiger partial charge on any atom is 0.472 e. The van der Waals surface area contributed by atoms with Crippen molar-refractivity contribution in [1.29, 1.82) is 0 Å². The van der Waals surface area contributed by atoms with Crippen LogP contribution in [0.4, 0.5) is 0 Å². The molecule has 326 valence electrons. The number of unbranched alkanes of at least 4 members (excludes halogenated alkanes) is 27. The smallest absolute Gasteiger partial charge is 0.462 e. The zero-order valence-electron chi connectivity index (χ0n) is 36.4. The van der Waals surface area contributed by atoms with Crippen molar-refractivity contribution >= 4 is 19.8 Å². The average Bonchev–Trinajstić information content (AvgIpc) is 3.15. The second-order valence-electron chi connectivity index (χ2n) is 15.9. The summed E-state index contributed by atoms with van der Waals surface area (Å²) < 4.78 is 33.5. The highest BCUT2D eigenvalue weighted by molar-refractivity contribution is 7.47. The molecule has 0 aliphatic heterocycles. The predicted molar refractivity (Wildman–Crippen MR) is 229 cm³/mol. The van der Waals surface area contributed by atoms with E-state index in [1.807, 2.05) is 19.0 Å². The molecule has 10 heteroatoms. The van der Waals surface area contributed by atoms with Gasteiger partial charge in [-0.2, -0.15) is 0 Å². The first kappa shape index (κ1) is 53.8. The molecule has 1 N–H and O–H groups in total. The number of phosphoric ester groups is 1. The number of phosphoric acid groups is 1. The van der Waals surface area contributed by atoms with Gasteiger partial charge in [0.2, 0.25) is 0 Å². The SMILES string of the molecule is CCCCCCCC/C=C\CCCCCCCCCC(=O)OCC(COP(=O)(O)OCCN(C)C)OC(=O)CCCCCCCCCCCCCCCCC. The van der Waals surface area contributed by atoms with Gasteiger partial charge in [0.15, 0.2) is 6.10 Å². The standard InChI is InChI=1S/C45H88NO8P/c1-5-7-9-11-13-15-17-19-21-22-24-25-27-29-31-33-35-37-44(47)51-41-43(42-53-55(49,50)52-40-39-46(3)4)54-45(48)38-36-34-32-30-28-26-23-20-18-16-14-12-10-8-6-2/h19,21,43H,5-18,20,22-42H2,1-4H3,(H,49,50)/b21-19-. The van der Waals surface area contributed by atoms with Crippen LogP contribution >= 0.6 is 7.82 Å². The molecular weight excluding hydrogens is 713 g/mol. The monoisotopic (exact) mass is 802 g/mol. The van der Waals surface area contributed by atoms with Gasteiger partial charge in [0.1, 0.15) is 6.61 Å². The Balaban J connectivity index is 4.23. The van der Waals surface area contributed by atoms with Crippen molar-refractivity contribution in [2.24, 2.45) is 0 Å². The first-order valence-corrected chi connectivity index (χ1v) is 24.5. The van der Waals surface area contributed by atoms with Gasteiger partial charge in [-0.1, -0.05) is 180 Å². The van der Waals surface area contributed by atoms with Crippen molar-refractivity contribution in [1.82, 2.24) is 4.90 Å². The molecule has 2 unspecified atom stereocenters. The number of carbonyl (C=O) groups is 2. The Morgan fingerprint density at radius 1 is 0.545 bits per heavy atom. The van der Waals surface area contributed by atoms with Crippen molar-refractivity contribution in [2.75, 3.05) is 40.5 Å². The Morgan fingerprint density at radius 2 is 0.927 bits per heavy atom. The van der Waals surface area contributed by atoms with Gasteiger partial charge in [-0.05, 0) is 52.6 Å². The van der Waals surface area contributed by atoms with Crippen molar-refractivity contribution in [3.8, 4) is 0 Å². The fraction of sp³-hybridized carbons (Fsp3) is 0.911. The van der Waals surface area contributed by atoms with Crippen LogP contribution in [0.25, 0.3) is 0 Å². The number of ether oxygens (including phenoxy) is 2. The van der Waals surface area contributed by atoms with Gasteiger partial charge in [-0.15, -0.1) is 0 Å². The second-order valence-corrected chi connectivity index (χ2v) is 17.4. The summed E-state index contributed by atoms with van der Waals surface area (Å²) in [5.41, 5.74) is 0. The molecule has 0 aromatic carbocycles. The lowest BCUT2D eigenvalue weighted by Crippen LogP contribution is -2.29. The lowest BCUT2D eigenvalue weighted by Gasteiger charge is -2.20. The summed E-state index contributed by atoms with van der Waals surface area (Å²) in [5.74, 6) is -0.796. The summed E-state index contributed by atoms with van der Waals surface area (Å²) in [6.45, 7) is 4.35. The van der Waals surface area contributed by atoms with E-state index in [9.17, 15) is 19.0 Å². The molecule has 0 aromatic rings. The molecule has 0 spiro atoms. The number of nitrogens with zero attached hydrogens (tertiary/aromatic N) is 1. The first-order valence-electron chi connectivity index (χ1n) is 23.0. The molecule has 9 nitrogen and oxygen atoms in total. The molecule has 0 saturated carbocycles. The minimum atomic E-state index is -4.36. The Hall–Kier alpha value is -1.25. The number of hydrogen-bond donors (Lipinski definition) is 1. The van der Waals surface area contributed by atoms with Crippen molar-refractivity contribution in [3.63, 3.8) is 0 Å². The largest absolute Gasteiger partial charge is 0.472 e. The molecule has 0 aliphatic carbocycles. The molecule has 0 aromatic heterocycles. The predicted octanol–water partition coefficient (Wildman–Crippen LogP) is 13.2. The van der Waals surface area contributed by atoms with Gasteiger partial charge in [-0.25, -0.2) is 4.57 Å². The minimum absolute atomic E-state index is 0.0100. The van der Waals surface area contributed by atoms with Crippen LogP contribution in [0.5, 0.6) is 0 Å². The molecule has 55 heavy (non-hydrogen) atoms. The van der Waals surface area contributed by atoms with Gasteiger partial charge in [-0.3, -0.25) is 18.6 Å². The highest BCUT2D eigenvalue weighted by atomic mass is 31.2. The lowest BCUT2D eigenvalue weighted by atomic mass is 10.0. The Bertz CT molecular complexity index is 931. The van der Waals surface area contributed by atoms with Crippen molar-refractivity contribution in [2.45, 2.75) is 225 Å². The van der Waals surface area contributed by atoms with E-state index in [0.717, 1.165) is 32.1 Å². The fourth-order valence-electron chi connectivity index (χ4n) is 6.51. The Morgan fingerprint density at radius 3 is 1.35 bits per heavy atom. The van der Waals surface area contributed by atoms with Crippen LogP contribution < -0.4 is 0 Å². The number of carbonyl (C=O) groups excluding carboxylic acids is 2. The molecule has 0 bridgehead atoms. The van der Waals surface area contributed by atoms with Crippen LogP contribution in [0, 0.1) is 0 Å². The number of hydrogen-bond acceptors (Lipinski definition) is 8. The third-order valence-electron chi connectivity index (χ3n) is 10.1. The van der Waals surface area contributed by atoms with E-state index in [1.54, 1.807) is 0 Å². The van der Waals surface area contributed by atoms with Gasteiger partial charge < -0.3 is 19.3 Å². The normalized spacial score (nSPS) is 13.4. The number of likely N-dealkylation sites (N-methyl/N-ethyl adjacent to an activating group) is 1. The maximum atomic E-state index is 12.7. The van der Waals surface area contributed by atoms with Crippen LogP contribution in [-0.4, -0.2) is 68.3 Å². The molecule has 2 atom stereocenters. The average molecular weight is 802 g/mol. The maximum absolute atomic E-state index is 12.7. The molecular formula is C45H88NO8P. The quantitative estimate of drug-likeness (QED) is 0.0279. The third-order valence-corrected chi connectivity index (χ3v) is 11.1. The first-order chi connectivity index (χ1) is 26.7. The lowest BCUT2D eigenvalue weighted by molar-refractivity contribution is -0.161. The molecule has 0 rings (SSSR count). The molecule has 0 heterocycles. The topological polar surface area (TPSA) is 112 Å².